The zero-order valence-corrected chi connectivity index (χ0v) is 22.8. The van der Waals surface area contributed by atoms with Crippen LogP contribution in [0.2, 0.25) is 0 Å². The van der Waals surface area contributed by atoms with Gasteiger partial charge >= 0.3 is 0 Å². The lowest BCUT2D eigenvalue weighted by molar-refractivity contribution is -0.985. The first-order chi connectivity index (χ1) is 17.8. The van der Waals surface area contributed by atoms with Crippen LogP contribution in [0.1, 0.15) is 35.6 Å². The SMILES string of the molecule is C=CC1C[N+]2(Cc3ccccc3)CCC1C[C@@H]2[C@H](OCc1ccccc1)c1ccnc2ccccc12.[Br-]. The van der Waals surface area contributed by atoms with E-state index in [1.165, 1.54) is 41.5 Å². The molecule has 0 N–H and O–H groups in total. The van der Waals surface area contributed by atoms with Crippen LogP contribution in [0.4, 0.5) is 0 Å². The van der Waals surface area contributed by atoms with Gasteiger partial charge in [-0.25, -0.2) is 0 Å². The molecule has 4 heterocycles. The smallest absolute Gasteiger partial charge is 0.135 e. The second kappa shape index (κ2) is 11.3. The summed E-state index contributed by atoms with van der Waals surface area (Å²) in [6, 6.07) is 32.7. The monoisotopic (exact) mass is 554 g/mol. The molecule has 0 aliphatic carbocycles. The predicted octanol–water partition coefficient (Wildman–Crippen LogP) is 4.11. The molecule has 7 rings (SSSR count). The van der Waals surface area contributed by atoms with Crippen molar-refractivity contribution in [3.05, 3.63) is 127 Å². The van der Waals surface area contributed by atoms with Gasteiger partial charge in [0, 0.05) is 35.9 Å². The van der Waals surface area contributed by atoms with Crippen LogP contribution in [0.25, 0.3) is 10.9 Å². The fourth-order valence-corrected chi connectivity index (χ4v) is 6.85. The molecular formula is C33H35BrN2O. The molecule has 190 valence electrons. The standard InChI is InChI=1S/C33H35N2O.BrH/c1-2-27-23-35(22-25-11-5-3-6-12-25)20-18-28(27)21-32(35)33(36-24-26-13-7-4-8-14-26)30-17-19-34-31-16-10-9-15-29(30)31;/h2-17,19,27-28,32-33H,1,18,20-24H2;1H/q+1;/p-1/t27?,28?,32-,33-,35?;/m1./s1. The third-order valence-electron chi connectivity index (χ3n) is 8.63. The largest absolute Gasteiger partial charge is 1.00 e. The molecule has 37 heavy (non-hydrogen) atoms. The van der Waals surface area contributed by atoms with Crippen LogP contribution >= 0.6 is 0 Å². The van der Waals surface area contributed by atoms with E-state index in [2.05, 4.69) is 109 Å². The van der Waals surface area contributed by atoms with E-state index in [9.17, 15) is 0 Å². The van der Waals surface area contributed by atoms with E-state index in [0.29, 0.717) is 24.5 Å². The maximum absolute atomic E-state index is 6.98. The molecule has 0 radical (unpaired) electrons. The number of hydrogen-bond donors (Lipinski definition) is 0. The van der Waals surface area contributed by atoms with Gasteiger partial charge in [0.15, 0.2) is 0 Å². The summed E-state index contributed by atoms with van der Waals surface area (Å²) >= 11 is 0. The Morgan fingerprint density at radius 1 is 0.919 bits per heavy atom. The molecule has 4 heteroatoms. The first-order valence-corrected chi connectivity index (χ1v) is 13.3. The second-order valence-corrected chi connectivity index (χ2v) is 10.7. The minimum Gasteiger partial charge on any atom is -1.00 e. The fourth-order valence-electron chi connectivity index (χ4n) is 6.85. The lowest BCUT2D eigenvalue weighted by atomic mass is 9.71. The summed E-state index contributed by atoms with van der Waals surface area (Å²) in [4.78, 5) is 4.67. The quantitative estimate of drug-likeness (QED) is 0.241. The number of quaternary nitrogens is 1. The van der Waals surface area contributed by atoms with Crippen LogP contribution in [0.15, 0.2) is 110 Å². The average Bonchev–Trinajstić information content (AvgIpc) is 2.94. The molecule has 0 spiro atoms. The molecule has 3 unspecified atom stereocenters. The third-order valence-corrected chi connectivity index (χ3v) is 8.63. The number of fused-ring (bicyclic) bond motifs is 4. The van der Waals surface area contributed by atoms with Crippen LogP contribution in [0, 0.1) is 11.8 Å². The number of piperidine rings is 3. The number of hydrogen-bond acceptors (Lipinski definition) is 2. The molecule has 4 aromatic rings. The van der Waals surface area contributed by atoms with Crippen LogP contribution in [-0.2, 0) is 17.9 Å². The van der Waals surface area contributed by atoms with E-state index < -0.39 is 0 Å². The van der Waals surface area contributed by atoms with Crippen molar-refractivity contribution in [3.63, 3.8) is 0 Å². The molecule has 1 aromatic heterocycles. The summed E-state index contributed by atoms with van der Waals surface area (Å²) < 4.78 is 8.04. The zero-order valence-electron chi connectivity index (χ0n) is 21.3. The van der Waals surface area contributed by atoms with Crippen LogP contribution in [0.5, 0.6) is 0 Å². The number of rotatable bonds is 8. The number of nitrogens with zero attached hydrogens (tertiary/aromatic N) is 2. The Morgan fingerprint density at radius 3 is 2.38 bits per heavy atom. The Morgan fingerprint density at radius 2 is 1.62 bits per heavy atom. The number of para-hydroxylation sites is 1. The lowest BCUT2D eigenvalue weighted by Crippen LogP contribution is -3.00. The van der Waals surface area contributed by atoms with Crippen LogP contribution < -0.4 is 17.0 Å². The highest BCUT2D eigenvalue weighted by atomic mass is 79.9. The first-order valence-electron chi connectivity index (χ1n) is 13.3. The third kappa shape index (κ3) is 5.16. The Hall–Kier alpha value is -2.79. The van der Waals surface area contributed by atoms with Crippen molar-refractivity contribution in [3.8, 4) is 0 Å². The molecule has 3 fully saturated rings. The van der Waals surface area contributed by atoms with E-state index in [1.54, 1.807) is 0 Å². The van der Waals surface area contributed by atoms with Gasteiger partial charge in [-0.15, -0.1) is 6.58 Å². The van der Waals surface area contributed by atoms with E-state index in [-0.39, 0.29) is 23.1 Å². The number of benzene rings is 3. The van der Waals surface area contributed by atoms with Crippen molar-refractivity contribution >= 4 is 10.9 Å². The molecule has 0 amide bonds. The Kier molecular flexibility index (Phi) is 7.89. The van der Waals surface area contributed by atoms with Gasteiger partial charge in [-0.3, -0.25) is 4.98 Å². The molecular weight excluding hydrogens is 520 g/mol. The summed E-state index contributed by atoms with van der Waals surface area (Å²) in [7, 11) is 0. The van der Waals surface area contributed by atoms with Crippen molar-refractivity contribution in [2.45, 2.75) is 38.1 Å². The second-order valence-electron chi connectivity index (χ2n) is 10.7. The maximum atomic E-state index is 6.98. The summed E-state index contributed by atoms with van der Waals surface area (Å²) in [5, 5.41) is 1.21. The summed E-state index contributed by atoms with van der Waals surface area (Å²) in [6.45, 7) is 8.22. The van der Waals surface area contributed by atoms with Crippen molar-refractivity contribution in [2.75, 3.05) is 13.1 Å². The van der Waals surface area contributed by atoms with Gasteiger partial charge in [0.25, 0.3) is 0 Å². The predicted molar refractivity (Wildman–Crippen MR) is 146 cm³/mol. The van der Waals surface area contributed by atoms with Gasteiger partial charge in [-0.1, -0.05) is 84.9 Å². The summed E-state index contributed by atoms with van der Waals surface area (Å²) in [5.74, 6) is 1.25. The van der Waals surface area contributed by atoms with E-state index >= 15 is 0 Å². The van der Waals surface area contributed by atoms with Gasteiger partial charge in [0.1, 0.15) is 18.7 Å². The van der Waals surface area contributed by atoms with Gasteiger partial charge in [0.2, 0.25) is 0 Å². The van der Waals surface area contributed by atoms with Gasteiger partial charge in [-0.05, 0) is 29.2 Å². The minimum atomic E-state index is -0.00427. The molecule has 0 saturated carbocycles. The van der Waals surface area contributed by atoms with Gasteiger partial charge in [-0.2, -0.15) is 0 Å². The normalized spacial score (nSPS) is 25.4. The molecule has 3 aromatic carbocycles. The Balaban J connectivity index is 0.00000280. The van der Waals surface area contributed by atoms with Crippen LogP contribution in [-0.4, -0.2) is 28.6 Å². The molecule has 2 bridgehead atoms. The maximum Gasteiger partial charge on any atom is 0.135 e. The molecule has 3 aliphatic rings. The molecule has 3 aliphatic heterocycles. The number of pyridine rings is 1. The Bertz CT molecular complexity index is 1320. The van der Waals surface area contributed by atoms with Gasteiger partial charge in [0.05, 0.1) is 25.2 Å². The highest BCUT2D eigenvalue weighted by molar-refractivity contribution is 5.82. The van der Waals surface area contributed by atoms with Crippen molar-refractivity contribution < 1.29 is 26.2 Å². The summed E-state index contributed by atoms with van der Waals surface area (Å²) in [6.07, 6.45) is 6.61. The number of halogens is 1. The van der Waals surface area contributed by atoms with Crippen molar-refractivity contribution in [1.82, 2.24) is 4.98 Å². The number of ether oxygens (including phenoxy) is 1. The zero-order chi connectivity index (χ0) is 24.4. The first kappa shape index (κ1) is 25.8. The van der Waals surface area contributed by atoms with Gasteiger partial charge < -0.3 is 26.2 Å². The van der Waals surface area contributed by atoms with Crippen LogP contribution in [0.3, 0.4) is 0 Å². The van der Waals surface area contributed by atoms with E-state index in [4.69, 9.17) is 4.74 Å². The highest BCUT2D eigenvalue weighted by Crippen LogP contribution is 2.49. The van der Waals surface area contributed by atoms with Crippen molar-refractivity contribution in [1.29, 1.82) is 0 Å². The molecule has 3 nitrogen and oxygen atoms in total. The average molecular weight is 556 g/mol. The topological polar surface area (TPSA) is 22.1 Å². The molecule has 3 saturated heterocycles. The van der Waals surface area contributed by atoms with Crippen molar-refractivity contribution in [2.24, 2.45) is 11.8 Å². The van der Waals surface area contributed by atoms with E-state index in [0.717, 1.165) is 23.1 Å². The minimum absolute atomic E-state index is 0. The number of aromatic nitrogens is 1. The lowest BCUT2D eigenvalue weighted by Gasteiger charge is -2.58. The van der Waals surface area contributed by atoms with E-state index in [1.807, 2.05) is 6.20 Å². The summed E-state index contributed by atoms with van der Waals surface area (Å²) in [5.41, 5.74) is 4.94. The highest BCUT2D eigenvalue weighted by Gasteiger charge is 2.54. The fraction of sp³-hybridized carbons (Fsp3) is 0.303. The Labute approximate surface area is 231 Å². The molecule has 5 atom stereocenters.